The maximum atomic E-state index is 11.5. The Morgan fingerprint density at radius 2 is 1.60 bits per heavy atom. The lowest BCUT2D eigenvalue weighted by Crippen LogP contribution is -2.57. The normalized spacial score (nSPS) is 21.4. The molecule has 2 fully saturated rings. The van der Waals surface area contributed by atoms with E-state index in [-0.39, 0.29) is 23.4 Å². The van der Waals surface area contributed by atoms with E-state index in [1.54, 1.807) is 0 Å². The molecule has 45 heavy (non-hydrogen) atoms. The van der Waals surface area contributed by atoms with Crippen LogP contribution in [-0.2, 0) is 11.8 Å². The number of phenols is 2. The first-order chi connectivity index (χ1) is 21.5. The van der Waals surface area contributed by atoms with E-state index in [0.717, 1.165) is 93.5 Å². The van der Waals surface area contributed by atoms with Gasteiger partial charge in [-0.15, -0.1) is 0 Å². The second kappa shape index (κ2) is 14.4. The predicted molar refractivity (Wildman–Crippen MR) is 187 cm³/mol. The fraction of sp³-hybridized carbons (Fsp3) is 0.605. The summed E-state index contributed by atoms with van der Waals surface area (Å²) in [7, 11) is 2.22. The Bertz CT molecular complexity index is 1420. The van der Waals surface area contributed by atoms with Crippen molar-refractivity contribution in [1.82, 2.24) is 9.80 Å². The number of para-hydroxylation sites is 1. The summed E-state index contributed by atoms with van der Waals surface area (Å²) in [6.45, 7) is 16.4. The van der Waals surface area contributed by atoms with Crippen LogP contribution < -0.4 is 0 Å². The highest BCUT2D eigenvalue weighted by Gasteiger charge is 2.34. The van der Waals surface area contributed by atoms with E-state index in [0.29, 0.717) is 11.5 Å². The lowest BCUT2D eigenvalue weighted by molar-refractivity contribution is -0.515. The molecular formula is C38H56N5O2+. The van der Waals surface area contributed by atoms with E-state index >= 15 is 0 Å². The molecule has 0 bridgehead atoms. The van der Waals surface area contributed by atoms with Crippen LogP contribution in [0.1, 0.15) is 113 Å². The topological polar surface area (TPSA) is 74.7 Å². The minimum Gasteiger partial charge on any atom is -0.507 e. The predicted octanol–water partition coefficient (Wildman–Crippen LogP) is 6.71. The zero-order chi connectivity index (χ0) is 32.1. The number of guanidine groups is 1. The molecule has 0 radical (unpaired) electrons. The van der Waals surface area contributed by atoms with E-state index in [1.165, 1.54) is 24.4 Å². The highest BCUT2D eigenvalue weighted by Crippen LogP contribution is 2.33. The fourth-order valence-corrected chi connectivity index (χ4v) is 7.20. The molecule has 2 aliphatic heterocycles. The molecule has 2 unspecified atom stereocenters. The number of aromatic hydroxyl groups is 2. The number of aryl methyl sites for hydroxylation is 1. The smallest absolute Gasteiger partial charge is 0.350 e. The highest BCUT2D eigenvalue weighted by molar-refractivity contribution is 5.85. The molecule has 3 aliphatic rings. The first-order valence-corrected chi connectivity index (χ1v) is 17.4. The Morgan fingerprint density at radius 1 is 0.911 bits per heavy atom. The van der Waals surface area contributed by atoms with Crippen molar-refractivity contribution >= 4 is 18.4 Å². The molecule has 0 aromatic heterocycles. The van der Waals surface area contributed by atoms with Gasteiger partial charge in [0.25, 0.3) is 0 Å². The summed E-state index contributed by atoms with van der Waals surface area (Å²) in [4.78, 5) is 15.1. The minimum atomic E-state index is -0.0384. The molecule has 5 rings (SSSR count). The summed E-state index contributed by atoms with van der Waals surface area (Å²) in [5.41, 5.74) is 4.71. The Hall–Kier alpha value is -3.35. The van der Waals surface area contributed by atoms with E-state index < -0.39 is 0 Å². The number of nitrogens with zero attached hydrogens (tertiary/aromatic N) is 5. The van der Waals surface area contributed by atoms with E-state index in [9.17, 15) is 10.2 Å². The monoisotopic (exact) mass is 614 g/mol. The molecule has 0 spiro atoms. The molecule has 1 saturated heterocycles. The van der Waals surface area contributed by atoms with Gasteiger partial charge < -0.3 is 10.2 Å². The summed E-state index contributed by atoms with van der Waals surface area (Å²) in [5.74, 6) is 2.33. The van der Waals surface area contributed by atoms with Crippen molar-refractivity contribution in [3.05, 3.63) is 58.1 Å². The van der Waals surface area contributed by atoms with E-state index in [1.807, 2.05) is 30.6 Å². The molecule has 1 aliphatic carbocycles. The summed E-state index contributed by atoms with van der Waals surface area (Å²) in [6, 6.07) is 10.3. The largest absolute Gasteiger partial charge is 0.507 e. The number of benzene rings is 2. The second-order valence-corrected chi connectivity index (χ2v) is 14.7. The summed E-state index contributed by atoms with van der Waals surface area (Å²) >= 11 is 0. The Balaban J connectivity index is 1.33. The van der Waals surface area contributed by atoms with Crippen LogP contribution in [0.15, 0.2) is 40.3 Å². The van der Waals surface area contributed by atoms with Gasteiger partial charge in [0.05, 0.1) is 51.9 Å². The van der Waals surface area contributed by atoms with Gasteiger partial charge in [0, 0.05) is 36.4 Å². The second-order valence-electron chi connectivity index (χ2n) is 14.7. The van der Waals surface area contributed by atoms with E-state index in [4.69, 9.17) is 9.98 Å². The van der Waals surface area contributed by atoms with Gasteiger partial charge >= 0.3 is 5.96 Å². The Kier molecular flexibility index (Phi) is 10.6. The van der Waals surface area contributed by atoms with Crippen molar-refractivity contribution < 1.29 is 14.8 Å². The SMILES string of the molecule is CC(C)c1cccc(C=NC2CCCCC2N=Cc2cc(C(C)(C)C)cc(CCCN3CCCN4CCC[N+](C)=C34)c2O)c1O. The first kappa shape index (κ1) is 33.0. The number of rotatable bonds is 9. The average molecular weight is 615 g/mol. The molecule has 2 aromatic carbocycles. The van der Waals surface area contributed by atoms with Gasteiger partial charge in [0.15, 0.2) is 0 Å². The number of fused-ring (bicyclic) bond motifs is 1. The Morgan fingerprint density at radius 3 is 2.29 bits per heavy atom. The summed E-state index contributed by atoms with van der Waals surface area (Å²) in [5, 5.41) is 22.3. The van der Waals surface area contributed by atoms with Crippen molar-refractivity contribution in [2.45, 2.75) is 109 Å². The maximum Gasteiger partial charge on any atom is 0.350 e. The molecule has 2 N–H and O–H groups in total. The van der Waals surface area contributed by atoms with Crippen LogP contribution >= 0.6 is 0 Å². The molecule has 7 heteroatoms. The third kappa shape index (κ3) is 7.90. The maximum absolute atomic E-state index is 11.5. The molecular weight excluding hydrogens is 558 g/mol. The van der Waals surface area contributed by atoms with Gasteiger partial charge in [-0.3, -0.25) is 24.4 Å². The number of phenolic OH excluding ortho intramolecular Hbond substituents is 2. The zero-order valence-corrected chi connectivity index (χ0v) is 28.6. The average Bonchev–Trinajstić information content (AvgIpc) is 3.00. The summed E-state index contributed by atoms with van der Waals surface area (Å²) < 4.78 is 2.42. The van der Waals surface area contributed by atoms with Crippen molar-refractivity contribution in [2.75, 3.05) is 39.8 Å². The van der Waals surface area contributed by atoms with Gasteiger partial charge in [-0.1, -0.05) is 65.7 Å². The van der Waals surface area contributed by atoms with Gasteiger partial charge in [-0.2, -0.15) is 0 Å². The van der Waals surface area contributed by atoms with Crippen LogP contribution in [0.4, 0.5) is 0 Å². The van der Waals surface area contributed by atoms with Gasteiger partial charge in [-0.25, -0.2) is 0 Å². The number of aliphatic imine (C=N–C) groups is 2. The Labute approximate surface area is 271 Å². The van der Waals surface area contributed by atoms with Crippen LogP contribution in [0.25, 0.3) is 0 Å². The van der Waals surface area contributed by atoms with Crippen LogP contribution in [0.5, 0.6) is 11.5 Å². The molecule has 2 atom stereocenters. The molecule has 244 valence electrons. The van der Waals surface area contributed by atoms with Crippen molar-refractivity contribution in [3.8, 4) is 11.5 Å². The molecule has 7 nitrogen and oxygen atoms in total. The number of hydrogen-bond donors (Lipinski definition) is 2. The van der Waals surface area contributed by atoms with Crippen molar-refractivity contribution in [3.63, 3.8) is 0 Å². The van der Waals surface area contributed by atoms with Crippen molar-refractivity contribution in [2.24, 2.45) is 9.98 Å². The fourth-order valence-electron chi connectivity index (χ4n) is 7.20. The first-order valence-electron chi connectivity index (χ1n) is 17.4. The molecule has 2 heterocycles. The van der Waals surface area contributed by atoms with Gasteiger partial charge in [0.1, 0.15) is 11.5 Å². The molecule has 1 saturated carbocycles. The van der Waals surface area contributed by atoms with Crippen LogP contribution in [0.2, 0.25) is 0 Å². The van der Waals surface area contributed by atoms with E-state index in [2.05, 4.69) is 68.2 Å². The van der Waals surface area contributed by atoms with Crippen molar-refractivity contribution in [1.29, 1.82) is 0 Å². The quantitative estimate of drug-likeness (QED) is 0.243. The third-order valence-electron chi connectivity index (χ3n) is 9.87. The number of hydrogen-bond acceptors (Lipinski definition) is 6. The van der Waals surface area contributed by atoms with Crippen LogP contribution in [0.3, 0.4) is 0 Å². The van der Waals surface area contributed by atoms with Crippen LogP contribution in [0, 0.1) is 0 Å². The lowest BCUT2D eigenvalue weighted by atomic mass is 9.84. The summed E-state index contributed by atoms with van der Waals surface area (Å²) in [6.07, 6.45) is 12.2. The lowest BCUT2D eigenvalue weighted by Gasteiger charge is -2.36. The highest BCUT2D eigenvalue weighted by atomic mass is 16.3. The standard InChI is InChI=1S/C38H55N5O2/c1-27(2)32-15-9-13-29(36(32)45)25-39-33-16-7-8-17-34(33)40-26-30-24-31(38(3,4)5)23-28(35(30)44)14-10-19-42-21-12-22-43-20-11-18-41(6)37(42)43/h9,13,15,23-27,33-34H,7-8,10-12,14,16-22H2,1-6H3,(H-,39,40,44,45)/p+1. The van der Waals surface area contributed by atoms with Gasteiger partial charge in [0.2, 0.25) is 0 Å². The zero-order valence-electron chi connectivity index (χ0n) is 28.6. The molecule has 2 aromatic rings. The van der Waals surface area contributed by atoms with Gasteiger partial charge in [-0.05, 0) is 65.8 Å². The molecule has 0 amide bonds. The third-order valence-corrected chi connectivity index (χ3v) is 9.87. The van der Waals surface area contributed by atoms with Crippen LogP contribution in [-0.4, -0.2) is 94.8 Å². The minimum absolute atomic E-state index is 0.0384.